The van der Waals surface area contributed by atoms with Gasteiger partial charge in [0.05, 0.1) is 4.92 Å². The highest BCUT2D eigenvalue weighted by Gasteiger charge is 2.11. The van der Waals surface area contributed by atoms with E-state index >= 15 is 0 Å². The van der Waals surface area contributed by atoms with Gasteiger partial charge < -0.3 is 10.4 Å². The van der Waals surface area contributed by atoms with Gasteiger partial charge >= 0.3 is 0 Å². The fourth-order valence-electron chi connectivity index (χ4n) is 1.61. The van der Waals surface area contributed by atoms with Gasteiger partial charge in [-0.05, 0) is 18.9 Å². The minimum absolute atomic E-state index is 0.148. The second kappa shape index (κ2) is 6.98. The van der Waals surface area contributed by atoms with E-state index in [-0.39, 0.29) is 17.2 Å². The highest BCUT2D eigenvalue weighted by atomic mass is 16.6. The maximum absolute atomic E-state index is 10.8. The molecule has 0 fully saturated rings. The number of hydrogen-bond acceptors (Lipinski definition) is 4. The number of nitro groups is 1. The minimum Gasteiger partial charge on any atom is -0.396 e. The van der Waals surface area contributed by atoms with Crippen LogP contribution < -0.4 is 5.32 Å². The van der Waals surface area contributed by atoms with E-state index < -0.39 is 0 Å². The van der Waals surface area contributed by atoms with Crippen LogP contribution in [0.25, 0.3) is 0 Å². The van der Waals surface area contributed by atoms with E-state index in [4.69, 9.17) is 5.11 Å². The van der Waals surface area contributed by atoms with Crippen molar-refractivity contribution in [2.75, 3.05) is 13.2 Å². The number of nitrogens with one attached hydrogen (secondary N) is 1. The zero-order valence-corrected chi connectivity index (χ0v) is 9.93. The van der Waals surface area contributed by atoms with E-state index in [9.17, 15) is 10.1 Å². The minimum atomic E-state index is -0.367. The first-order valence-electron chi connectivity index (χ1n) is 5.69. The SMILES string of the molecule is CC(CCO)CNCc1ccccc1[N+](=O)[O-]. The van der Waals surface area contributed by atoms with Crippen molar-refractivity contribution in [1.82, 2.24) is 5.32 Å². The van der Waals surface area contributed by atoms with Crippen molar-refractivity contribution >= 4 is 5.69 Å². The largest absolute Gasteiger partial charge is 0.396 e. The lowest BCUT2D eigenvalue weighted by Gasteiger charge is -2.11. The lowest BCUT2D eigenvalue weighted by molar-refractivity contribution is -0.385. The summed E-state index contributed by atoms with van der Waals surface area (Å²) in [7, 11) is 0. The first-order valence-corrected chi connectivity index (χ1v) is 5.69. The lowest BCUT2D eigenvalue weighted by atomic mass is 10.1. The predicted octanol–water partition coefficient (Wildman–Crippen LogP) is 1.70. The van der Waals surface area contributed by atoms with Crippen molar-refractivity contribution < 1.29 is 10.0 Å². The summed E-state index contributed by atoms with van der Waals surface area (Å²) >= 11 is 0. The number of para-hydroxylation sites is 1. The third-order valence-electron chi connectivity index (χ3n) is 2.62. The van der Waals surface area contributed by atoms with E-state index in [0.717, 1.165) is 13.0 Å². The van der Waals surface area contributed by atoms with Gasteiger partial charge in [-0.2, -0.15) is 0 Å². The van der Waals surface area contributed by atoms with E-state index in [2.05, 4.69) is 5.32 Å². The Kier molecular flexibility index (Phi) is 5.59. The van der Waals surface area contributed by atoms with Gasteiger partial charge in [-0.15, -0.1) is 0 Å². The molecule has 0 aromatic heterocycles. The second-order valence-electron chi connectivity index (χ2n) is 4.13. The highest BCUT2D eigenvalue weighted by Crippen LogP contribution is 2.17. The maximum Gasteiger partial charge on any atom is 0.273 e. The van der Waals surface area contributed by atoms with Crippen LogP contribution >= 0.6 is 0 Å². The maximum atomic E-state index is 10.8. The van der Waals surface area contributed by atoms with Gasteiger partial charge in [-0.1, -0.05) is 25.1 Å². The Morgan fingerprint density at radius 3 is 2.82 bits per heavy atom. The van der Waals surface area contributed by atoms with Crippen molar-refractivity contribution in [1.29, 1.82) is 0 Å². The van der Waals surface area contributed by atoms with Crippen LogP contribution in [0.2, 0.25) is 0 Å². The van der Waals surface area contributed by atoms with Gasteiger partial charge in [0, 0.05) is 24.8 Å². The van der Waals surface area contributed by atoms with Crippen molar-refractivity contribution in [2.45, 2.75) is 19.9 Å². The molecule has 0 amide bonds. The molecule has 0 aliphatic carbocycles. The Hall–Kier alpha value is -1.46. The van der Waals surface area contributed by atoms with Crippen molar-refractivity contribution in [3.05, 3.63) is 39.9 Å². The Bertz CT molecular complexity index is 369. The molecule has 0 saturated heterocycles. The fourth-order valence-corrected chi connectivity index (χ4v) is 1.61. The third kappa shape index (κ3) is 4.50. The molecular formula is C12H18N2O3. The van der Waals surface area contributed by atoms with E-state index in [1.54, 1.807) is 18.2 Å². The molecule has 0 saturated carbocycles. The van der Waals surface area contributed by atoms with Gasteiger partial charge in [0.2, 0.25) is 0 Å². The second-order valence-corrected chi connectivity index (χ2v) is 4.13. The highest BCUT2D eigenvalue weighted by molar-refractivity contribution is 5.39. The molecule has 5 nitrogen and oxygen atoms in total. The van der Waals surface area contributed by atoms with Crippen molar-refractivity contribution in [3.8, 4) is 0 Å². The average Bonchev–Trinajstić information content (AvgIpc) is 2.30. The average molecular weight is 238 g/mol. The van der Waals surface area contributed by atoms with Crippen LogP contribution in [0.1, 0.15) is 18.9 Å². The molecular weight excluding hydrogens is 220 g/mol. The van der Waals surface area contributed by atoms with Crippen molar-refractivity contribution in [2.24, 2.45) is 5.92 Å². The normalized spacial score (nSPS) is 12.4. The van der Waals surface area contributed by atoms with Gasteiger partial charge in [-0.3, -0.25) is 10.1 Å². The molecule has 1 aromatic rings. The number of nitrogens with zero attached hydrogens (tertiary/aromatic N) is 1. The number of aliphatic hydroxyl groups excluding tert-OH is 1. The molecule has 1 rings (SSSR count). The molecule has 0 spiro atoms. The predicted molar refractivity (Wildman–Crippen MR) is 65.7 cm³/mol. The zero-order valence-electron chi connectivity index (χ0n) is 9.93. The molecule has 0 radical (unpaired) electrons. The van der Waals surface area contributed by atoms with Crippen LogP contribution in [0.5, 0.6) is 0 Å². The molecule has 2 N–H and O–H groups in total. The fraction of sp³-hybridized carbons (Fsp3) is 0.500. The van der Waals surface area contributed by atoms with Crippen LogP contribution in [0.3, 0.4) is 0 Å². The summed E-state index contributed by atoms with van der Waals surface area (Å²) in [6, 6.07) is 6.72. The molecule has 0 bridgehead atoms. The van der Waals surface area contributed by atoms with Gasteiger partial charge in [0.15, 0.2) is 0 Å². The summed E-state index contributed by atoms with van der Waals surface area (Å²) in [6.07, 6.45) is 0.740. The molecule has 0 heterocycles. The van der Waals surface area contributed by atoms with E-state index in [0.29, 0.717) is 18.0 Å². The summed E-state index contributed by atoms with van der Waals surface area (Å²) in [6.45, 7) is 3.43. The van der Waals surface area contributed by atoms with Gasteiger partial charge in [0.25, 0.3) is 5.69 Å². The molecule has 17 heavy (non-hydrogen) atoms. The van der Waals surface area contributed by atoms with E-state index in [1.165, 1.54) is 6.07 Å². The molecule has 94 valence electrons. The summed E-state index contributed by atoms with van der Waals surface area (Å²) in [4.78, 5) is 10.4. The number of aliphatic hydroxyl groups is 1. The Balaban J connectivity index is 2.49. The number of hydrogen-bond donors (Lipinski definition) is 2. The lowest BCUT2D eigenvalue weighted by Crippen LogP contribution is -2.21. The van der Waals surface area contributed by atoms with Gasteiger partial charge in [-0.25, -0.2) is 0 Å². The summed E-state index contributed by atoms with van der Waals surface area (Å²) < 4.78 is 0. The summed E-state index contributed by atoms with van der Waals surface area (Å²) in [5, 5.41) is 22.7. The van der Waals surface area contributed by atoms with Gasteiger partial charge in [0.1, 0.15) is 0 Å². The first kappa shape index (κ1) is 13.6. The van der Waals surface area contributed by atoms with Crippen LogP contribution in [0, 0.1) is 16.0 Å². The monoisotopic (exact) mass is 238 g/mol. The summed E-state index contributed by atoms with van der Waals surface area (Å²) in [5.41, 5.74) is 0.837. The molecule has 1 aromatic carbocycles. The topological polar surface area (TPSA) is 75.4 Å². The third-order valence-corrected chi connectivity index (χ3v) is 2.62. The summed E-state index contributed by atoms with van der Waals surface area (Å²) in [5.74, 6) is 0.364. The molecule has 1 unspecified atom stereocenters. The smallest absolute Gasteiger partial charge is 0.273 e. The Morgan fingerprint density at radius 1 is 1.47 bits per heavy atom. The number of rotatable bonds is 7. The van der Waals surface area contributed by atoms with Crippen LogP contribution in [-0.4, -0.2) is 23.2 Å². The quantitative estimate of drug-likeness (QED) is 0.560. The first-order chi connectivity index (χ1) is 8.15. The van der Waals surface area contributed by atoms with Crippen LogP contribution in [-0.2, 0) is 6.54 Å². The molecule has 0 aliphatic heterocycles. The molecule has 1 atom stereocenters. The van der Waals surface area contributed by atoms with Crippen LogP contribution in [0.4, 0.5) is 5.69 Å². The molecule has 0 aliphatic rings. The standard InChI is InChI=1S/C12H18N2O3/c1-10(6-7-15)8-13-9-11-4-2-3-5-12(11)14(16)17/h2-5,10,13,15H,6-9H2,1H3. The molecule has 5 heteroatoms. The Morgan fingerprint density at radius 2 is 2.18 bits per heavy atom. The van der Waals surface area contributed by atoms with Crippen LogP contribution in [0.15, 0.2) is 24.3 Å². The zero-order chi connectivity index (χ0) is 12.7. The van der Waals surface area contributed by atoms with E-state index in [1.807, 2.05) is 6.92 Å². The number of benzene rings is 1. The van der Waals surface area contributed by atoms with Crippen molar-refractivity contribution in [3.63, 3.8) is 0 Å². The number of nitro benzene ring substituents is 1. The Labute approximate surface area is 101 Å².